The van der Waals surface area contributed by atoms with Gasteiger partial charge in [-0.05, 0) is 42.2 Å². The molecule has 2 aromatic carbocycles. The Morgan fingerprint density at radius 3 is 2.24 bits per heavy atom. The topological polar surface area (TPSA) is 0 Å². The molecule has 0 N–H and O–H groups in total. The van der Waals surface area contributed by atoms with E-state index in [1.54, 1.807) is 0 Å². The average molecular weight is 288 g/mol. The van der Waals surface area contributed by atoms with Crippen LogP contribution in [-0.2, 0) is 6.42 Å². The van der Waals surface area contributed by atoms with E-state index in [0.29, 0.717) is 5.56 Å². The zero-order chi connectivity index (χ0) is 15.1. The van der Waals surface area contributed by atoms with Crippen LogP contribution < -0.4 is 0 Å². The van der Waals surface area contributed by atoms with Gasteiger partial charge in [-0.2, -0.15) is 0 Å². The molecule has 0 radical (unpaired) electrons. The van der Waals surface area contributed by atoms with Crippen molar-refractivity contribution in [3.05, 3.63) is 59.7 Å². The van der Waals surface area contributed by atoms with Crippen molar-refractivity contribution in [3.8, 4) is 11.1 Å². The van der Waals surface area contributed by atoms with E-state index in [9.17, 15) is 8.78 Å². The Morgan fingerprint density at radius 1 is 0.810 bits per heavy atom. The van der Waals surface area contributed by atoms with E-state index in [1.165, 1.54) is 49.8 Å². The molecule has 0 atom stereocenters. The monoisotopic (exact) mass is 288 g/mol. The maximum absolute atomic E-state index is 13.7. The smallest absolute Gasteiger partial charge is 0.131 e. The summed E-state index contributed by atoms with van der Waals surface area (Å²) < 4.78 is 26.9. The SMILES string of the molecule is CCCCCCCc1ccc(-c2cc(F)ccc2F)cc1. The average Bonchev–Trinajstić information content (AvgIpc) is 2.50. The van der Waals surface area contributed by atoms with Crippen LogP contribution in [0.4, 0.5) is 8.78 Å². The van der Waals surface area contributed by atoms with Crippen LogP contribution in [0.5, 0.6) is 0 Å². The van der Waals surface area contributed by atoms with Crippen LogP contribution in [0.1, 0.15) is 44.6 Å². The summed E-state index contributed by atoms with van der Waals surface area (Å²) >= 11 is 0. The first-order chi connectivity index (χ1) is 10.2. The Balaban J connectivity index is 1.97. The Morgan fingerprint density at radius 2 is 1.52 bits per heavy atom. The summed E-state index contributed by atoms with van der Waals surface area (Å²) in [5.41, 5.74) is 2.30. The number of hydrogen-bond donors (Lipinski definition) is 0. The maximum atomic E-state index is 13.7. The van der Waals surface area contributed by atoms with Crippen molar-refractivity contribution in [1.29, 1.82) is 0 Å². The van der Waals surface area contributed by atoms with Gasteiger partial charge in [-0.3, -0.25) is 0 Å². The summed E-state index contributed by atoms with van der Waals surface area (Å²) in [7, 11) is 0. The van der Waals surface area contributed by atoms with Crippen molar-refractivity contribution in [2.75, 3.05) is 0 Å². The predicted octanol–water partition coefficient (Wildman–Crippen LogP) is 6.14. The van der Waals surface area contributed by atoms with Gasteiger partial charge in [0, 0.05) is 5.56 Å². The summed E-state index contributed by atoms with van der Waals surface area (Å²) in [6.07, 6.45) is 7.35. The Labute approximate surface area is 125 Å². The minimum atomic E-state index is -0.411. The molecule has 0 saturated heterocycles. The van der Waals surface area contributed by atoms with Gasteiger partial charge in [0.2, 0.25) is 0 Å². The molecule has 112 valence electrons. The van der Waals surface area contributed by atoms with Gasteiger partial charge in [-0.25, -0.2) is 8.78 Å². The number of hydrogen-bond acceptors (Lipinski definition) is 0. The van der Waals surface area contributed by atoms with Crippen molar-refractivity contribution in [2.45, 2.75) is 45.4 Å². The summed E-state index contributed by atoms with van der Waals surface area (Å²) in [6.45, 7) is 2.21. The number of benzene rings is 2. The van der Waals surface area contributed by atoms with Gasteiger partial charge in [0.25, 0.3) is 0 Å². The molecule has 0 amide bonds. The summed E-state index contributed by atoms with van der Waals surface area (Å²) in [5.74, 6) is -0.796. The van der Waals surface area contributed by atoms with E-state index in [2.05, 4.69) is 6.92 Å². The highest BCUT2D eigenvalue weighted by Crippen LogP contribution is 2.24. The van der Waals surface area contributed by atoms with Crippen LogP contribution in [-0.4, -0.2) is 0 Å². The molecule has 0 bridgehead atoms. The zero-order valence-electron chi connectivity index (χ0n) is 12.5. The fraction of sp³-hybridized carbons (Fsp3) is 0.368. The second kappa shape index (κ2) is 7.92. The van der Waals surface area contributed by atoms with E-state index >= 15 is 0 Å². The molecule has 0 spiro atoms. The molecule has 0 aliphatic rings. The van der Waals surface area contributed by atoms with E-state index in [-0.39, 0.29) is 5.82 Å². The van der Waals surface area contributed by atoms with Crippen molar-refractivity contribution < 1.29 is 8.78 Å². The van der Waals surface area contributed by atoms with Crippen LogP contribution in [0.2, 0.25) is 0 Å². The molecule has 2 rings (SSSR count). The van der Waals surface area contributed by atoms with Gasteiger partial charge in [-0.15, -0.1) is 0 Å². The third-order valence-corrected chi connectivity index (χ3v) is 3.76. The highest BCUT2D eigenvalue weighted by molar-refractivity contribution is 5.64. The molecule has 0 heterocycles. The molecule has 2 aromatic rings. The standard InChI is InChI=1S/C19H22F2/c1-2-3-4-5-6-7-15-8-10-16(11-9-15)18-14-17(20)12-13-19(18)21/h8-14H,2-7H2,1H3. The molecule has 0 aliphatic heterocycles. The van der Waals surface area contributed by atoms with Crippen molar-refractivity contribution in [1.82, 2.24) is 0 Å². The largest absolute Gasteiger partial charge is 0.207 e. The predicted molar refractivity (Wildman–Crippen MR) is 84.3 cm³/mol. The van der Waals surface area contributed by atoms with Gasteiger partial charge in [0.05, 0.1) is 0 Å². The van der Waals surface area contributed by atoms with Gasteiger partial charge < -0.3 is 0 Å². The van der Waals surface area contributed by atoms with Crippen LogP contribution in [0.25, 0.3) is 11.1 Å². The quantitative estimate of drug-likeness (QED) is 0.536. The van der Waals surface area contributed by atoms with Crippen LogP contribution >= 0.6 is 0 Å². The summed E-state index contributed by atoms with van der Waals surface area (Å²) in [6, 6.07) is 11.3. The van der Waals surface area contributed by atoms with E-state index < -0.39 is 5.82 Å². The first-order valence-electron chi connectivity index (χ1n) is 7.75. The van der Waals surface area contributed by atoms with Crippen molar-refractivity contribution in [2.24, 2.45) is 0 Å². The maximum Gasteiger partial charge on any atom is 0.131 e. The third kappa shape index (κ3) is 4.66. The highest BCUT2D eigenvalue weighted by atomic mass is 19.1. The summed E-state index contributed by atoms with van der Waals surface area (Å²) in [5, 5.41) is 0. The lowest BCUT2D eigenvalue weighted by molar-refractivity contribution is 0.603. The van der Waals surface area contributed by atoms with Crippen LogP contribution in [0.3, 0.4) is 0 Å². The second-order valence-corrected chi connectivity index (χ2v) is 5.49. The molecule has 0 saturated carbocycles. The lowest BCUT2D eigenvalue weighted by Gasteiger charge is -2.06. The first-order valence-corrected chi connectivity index (χ1v) is 7.75. The minimum Gasteiger partial charge on any atom is -0.207 e. The highest BCUT2D eigenvalue weighted by Gasteiger charge is 2.06. The fourth-order valence-electron chi connectivity index (χ4n) is 2.50. The van der Waals surface area contributed by atoms with E-state index in [0.717, 1.165) is 18.1 Å². The molecule has 2 heteroatoms. The molecule has 0 fully saturated rings. The third-order valence-electron chi connectivity index (χ3n) is 3.76. The van der Waals surface area contributed by atoms with Crippen LogP contribution in [0.15, 0.2) is 42.5 Å². The summed E-state index contributed by atoms with van der Waals surface area (Å²) in [4.78, 5) is 0. The Kier molecular flexibility index (Phi) is 5.91. The number of unbranched alkanes of at least 4 members (excludes halogenated alkanes) is 4. The molecular formula is C19H22F2. The second-order valence-electron chi connectivity index (χ2n) is 5.49. The lowest BCUT2D eigenvalue weighted by atomic mass is 10.0. The van der Waals surface area contributed by atoms with Crippen molar-refractivity contribution >= 4 is 0 Å². The zero-order valence-corrected chi connectivity index (χ0v) is 12.5. The normalized spacial score (nSPS) is 10.8. The van der Waals surface area contributed by atoms with Crippen LogP contribution in [0, 0.1) is 11.6 Å². The van der Waals surface area contributed by atoms with Gasteiger partial charge in [0.15, 0.2) is 0 Å². The Hall–Kier alpha value is -1.70. The number of halogens is 2. The molecule has 0 unspecified atom stereocenters. The molecule has 21 heavy (non-hydrogen) atoms. The van der Waals surface area contributed by atoms with Gasteiger partial charge in [-0.1, -0.05) is 56.9 Å². The fourth-order valence-corrected chi connectivity index (χ4v) is 2.50. The number of aryl methyl sites for hydroxylation is 1. The Bertz CT molecular complexity index is 558. The first kappa shape index (κ1) is 15.7. The molecule has 0 nitrogen and oxygen atoms in total. The molecule has 0 aliphatic carbocycles. The minimum absolute atomic E-state index is 0.324. The molecular weight excluding hydrogens is 266 g/mol. The lowest BCUT2D eigenvalue weighted by Crippen LogP contribution is -1.89. The van der Waals surface area contributed by atoms with Gasteiger partial charge >= 0.3 is 0 Å². The van der Waals surface area contributed by atoms with Gasteiger partial charge in [0.1, 0.15) is 11.6 Å². The van der Waals surface area contributed by atoms with Crippen molar-refractivity contribution in [3.63, 3.8) is 0 Å². The van der Waals surface area contributed by atoms with E-state index in [1.807, 2.05) is 24.3 Å². The van der Waals surface area contributed by atoms with E-state index in [4.69, 9.17) is 0 Å². The molecule has 0 aromatic heterocycles. The number of rotatable bonds is 7.